The molecule has 7 unspecified atom stereocenters. The third kappa shape index (κ3) is 1.96. The first-order chi connectivity index (χ1) is 11.3. The molecule has 0 aromatic heterocycles. The monoisotopic (exact) mass is 388 g/mol. The molecule has 3 fully saturated rings. The predicted octanol–water partition coefficient (Wildman–Crippen LogP) is 3.99. The summed E-state index contributed by atoms with van der Waals surface area (Å²) in [7, 11) is -5.46. The van der Waals surface area contributed by atoms with Gasteiger partial charge >= 0.3 is 12.4 Å². The molecular formula is C16H18F6O2S. The molecule has 4 aliphatic carbocycles. The fourth-order valence-electron chi connectivity index (χ4n) is 6.76. The van der Waals surface area contributed by atoms with Crippen LogP contribution < -0.4 is 0 Å². The summed E-state index contributed by atoms with van der Waals surface area (Å²) in [5, 5.41) is 0. The maximum atomic E-state index is 13.8. The molecule has 0 aromatic rings. The van der Waals surface area contributed by atoms with Crippen LogP contribution in [0.3, 0.4) is 0 Å². The summed E-state index contributed by atoms with van der Waals surface area (Å²) in [6.07, 6.45) is -7.04. The summed E-state index contributed by atoms with van der Waals surface area (Å²) in [5.41, 5.74) is 0. The van der Waals surface area contributed by atoms with Crippen molar-refractivity contribution in [2.75, 3.05) is 6.26 Å². The molecule has 0 saturated heterocycles. The van der Waals surface area contributed by atoms with Crippen LogP contribution in [0.2, 0.25) is 0 Å². The van der Waals surface area contributed by atoms with Crippen molar-refractivity contribution in [1.29, 1.82) is 0 Å². The average molecular weight is 388 g/mol. The molecule has 4 bridgehead atoms. The second-order valence-corrected chi connectivity index (χ2v) is 10.3. The van der Waals surface area contributed by atoms with Gasteiger partial charge in [-0.25, -0.2) is 8.42 Å². The minimum atomic E-state index is -5.89. The van der Waals surface area contributed by atoms with E-state index < -0.39 is 38.8 Å². The highest BCUT2D eigenvalue weighted by Gasteiger charge is 2.83. The lowest BCUT2D eigenvalue weighted by molar-refractivity contribution is -0.286. The standard InChI is InChI=1S/C16H18F6O2S/c1-25(23,24)14(15(17,18)19,16(20,21)22)11-6-9-5-10(11)13-8-3-2-7(4-8)12(9)13/h2-3,7-13H,4-6H2,1H3. The van der Waals surface area contributed by atoms with E-state index in [1.165, 1.54) is 0 Å². The lowest BCUT2D eigenvalue weighted by Crippen LogP contribution is -2.67. The summed E-state index contributed by atoms with van der Waals surface area (Å²) >= 11 is 0. The third-order valence-electron chi connectivity index (χ3n) is 7.22. The molecule has 142 valence electrons. The first kappa shape index (κ1) is 17.7. The predicted molar refractivity (Wildman–Crippen MR) is 77.1 cm³/mol. The van der Waals surface area contributed by atoms with E-state index in [-0.39, 0.29) is 48.7 Å². The van der Waals surface area contributed by atoms with Gasteiger partial charge in [-0.05, 0) is 60.7 Å². The van der Waals surface area contributed by atoms with Crippen molar-refractivity contribution < 1.29 is 34.8 Å². The van der Waals surface area contributed by atoms with Crippen molar-refractivity contribution in [2.24, 2.45) is 41.4 Å². The largest absolute Gasteiger partial charge is 0.417 e. The number of sulfone groups is 1. The van der Waals surface area contributed by atoms with Gasteiger partial charge in [0.2, 0.25) is 0 Å². The molecule has 4 aliphatic rings. The van der Waals surface area contributed by atoms with Crippen LogP contribution >= 0.6 is 0 Å². The maximum Gasteiger partial charge on any atom is 0.417 e. The van der Waals surface area contributed by atoms with E-state index in [9.17, 15) is 34.8 Å². The third-order valence-corrected chi connectivity index (χ3v) is 9.15. The van der Waals surface area contributed by atoms with Gasteiger partial charge in [-0.2, -0.15) is 26.3 Å². The van der Waals surface area contributed by atoms with Crippen LogP contribution in [0, 0.1) is 41.4 Å². The summed E-state index contributed by atoms with van der Waals surface area (Å²) in [6, 6.07) is 0. The molecule has 3 saturated carbocycles. The zero-order valence-electron chi connectivity index (χ0n) is 13.3. The summed E-state index contributed by atoms with van der Waals surface area (Å²) in [5.74, 6) is -2.93. The van der Waals surface area contributed by atoms with Crippen LogP contribution in [0.5, 0.6) is 0 Å². The number of hydrogen-bond acceptors (Lipinski definition) is 2. The zero-order valence-corrected chi connectivity index (χ0v) is 14.1. The first-order valence-electron chi connectivity index (χ1n) is 8.32. The zero-order chi connectivity index (χ0) is 18.6. The van der Waals surface area contributed by atoms with Crippen LogP contribution in [0.15, 0.2) is 12.2 Å². The van der Waals surface area contributed by atoms with Gasteiger partial charge in [-0.15, -0.1) is 0 Å². The summed E-state index contributed by atoms with van der Waals surface area (Å²) in [6.45, 7) is 0. The highest BCUT2D eigenvalue weighted by atomic mass is 32.2. The summed E-state index contributed by atoms with van der Waals surface area (Å²) < 4.78 is 102. The Labute approximate surface area is 141 Å². The molecule has 2 nitrogen and oxygen atoms in total. The van der Waals surface area contributed by atoms with Gasteiger partial charge in [0.15, 0.2) is 9.84 Å². The van der Waals surface area contributed by atoms with Gasteiger partial charge in [0.05, 0.1) is 0 Å². The molecule has 0 spiro atoms. The van der Waals surface area contributed by atoms with Crippen molar-refractivity contribution in [3.63, 3.8) is 0 Å². The number of allylic oxidation sites excluding steroid dienone is 2. The fourth-order valence-corrected chi connectivity index (χ4v) is 8.42. The Morgan fingerprint density at radius 2 is 1.36 bits per heavy atom. The Morgan fingerprint density at radius 3 is 1.84 bits per heavy atom. The normalized spacial score (nSPS) is 43.1. The molecule has 9 heteroatoms. The molecule has 0 aliphatic heterocycles. The van der Waals surface area contributed by atoms with Gasteiger partial charge in [-0.3, -0.25) is 0 Å². The highest BCUT2D eigenvalue weighted by molar-refractivity contribution is 7.92. The van der Waals surface area contributed by atoms with E-state index in [4.69, 9.17) is 0 Å². The topological polar surface area (TPSA) is 34.1 Å². The molecule has 0 aromatic carbocycles. The molecular weight excluding hydrogens is 370 g/mol. The Kier molecular flexibility index (Phi) is 3.36. The van der Waals surface area contributed by atoms with Gasteiger partial charge < -0.3 is 0 Å². The number of hydrogen-bond donors (Lipinski definition) is 0. The van der Waals surface area contributed by atoms with Crippen LogP contribution in [-0.4, -0.2) is 31.8 Å². The van der Waals surface area contributed by atoms with Crippen LogP contribution in [-0.2, 0) is 9.84 Å². The minimum Gasteiger partial charge on any atom is -0.228 e. The number of rotatable bonds is 2. The SMILES string of the molecule is CS(=O)(=O)C(C1CC2CC1C1C3C=CC(C3)C21)(C(F)(F)F)C(F)(F)F. The lowest BCUT2D eigenvalue weighted by Gasteiger charge is -2.47. The Morgan fingerprint density at radius 1 is 0.840 bits per heavy atom. The van der Waals surface area contributed by atoms with E-state index in [1.807, 2.05) is 12.2 Å². The van der Waals surface area contributed by atoms with Crippen molar-refractivity contribution in [3.8, 4) is 0 Å². The van der Waals surface area contributed by atoms with Gasteiger partial charge in [0, 0.05) is 6.26 Å². The van der Waals surface area contributed by atoms with Crippen LogP contribution in [0.1, 0.15) is 19.3 Å². The van der Waals surface area contributed by atoms with Crippen molar-refractivity contribution >= 4 is 9.84 Å². The van der Waals surface area contributed by atoms with Crippen LogP contribution in [0.4, 0.5) is 26.3 Å². The fraction of sp³-hybridized carbons (Fsp3) is 0.875. The average Bonchev–Trinajstić information content (AvgIpc) is 3.12. The molecule has 0 heterocycles. The van der Waals surface area contributed by atoms with E-state index in [0.29, 0.717) is 0 Å². The quantitative estimate of drug-likeness (QED) is 0.407. The smallest absolute Gasteiger partial charge is 0.228 e. The first-order valence-corrected chi connectivity index (χ1v) is 10.2. The number of fused-ring (bicyclic) bond motifs is 9. The van der Waals surface area contributed by atoms with Gasteiger partial charge in [-0.1, -0.05) is 12.2 Å². The maximum absolute atomic E-state index is 13.8. The highest BCUT2D eigenvalue weighted by Crippen LogP contribution is 2.71. The molecule has 4 rings (SSSR count). The number of halogens is 6. The number of alkyl halides is 6. The molecule has 0 amide bonds. The van der Waals surface area contributed by atoms with Crippen molar-refractivity contribution in [1.82, 2.24) is 0 Å². The lowest BCUT2D eigenvalue weighted by atomic mass is 9.65. The van der Waals surface area contributed by atoms with E-state index >= 15 is 0 Å². The van der Waals surface area contributed by atoms with Gasteiger partial charge in [0.1, 0.15) is 0 Å². The minimum absolute atomic E-state index is 0.00784. The Balaban J connectivity index is 1.85. The second kappa shape index (κ2) is 4.75. The van der Waals surface area contributed by atoms with E-state index in [1.54, 1.807) is 0 Å². The molecule has 0 radical (unpaired) electrons. The van der Waals surface area contributed by atoms with Crippen molar-refractivity contribution in [2.45, 2.75) is 36.4 Å². The van der Waals surface area contributed by atoms with Crippen molar-refractivity contribution in [3.05, 3.63) is 12.2 Å². The molecule has 25 heavy (non-hydrogen) atoms. The summed E-state index contributed by atoms with van der Waals surface area (Å²) in [4.78, 5) is 0. The Bertz CT molecular complexity index is 708. The second-order valence-electron chi connectivity index (χ2n) is 8.11. The van der Waals surface area contributed by atoms with E-state index in [2.05, 4.69) is 0 Å². The van der Waals surface area contributed by atoms with Crippen LogP contribution in [0.25, 0.3) is 0 Å². The Hall–Kier alpha value is -0.730. The van der Waals surface area contributed by atoms with E-state index in [0.717, 1.165) is 6.42 Å². The molecule has 7 atom stereocenters. The van der Waals surface area contributed by atoms with Gasteiger partial charge in [0.25, 0.3) is 4.75 Å². The molecule has 0 N–H and O–H groups in total.